The van der Waals surface area contributed by atoms with E-state index < -0.39 is 4.18 Å². The van der Waals surface area contributed by atoms with Crippen LogP contribution in [0.25, 0.3) is 0 Å². The summed E-state index contributed by atoms with van der Waals surface area (Å²) in [6.07, 6.45) is 0. The molecule has 0 bridgehead atoms. The monoisotopic (exact) mass is 338 g/mol. The minimum atomic E-state index is -4.03. The molecular formula is C2H3F3I2. The predicted octanol–water partition coefficient (Wildman–Crippen LogP) is 2.99. The lowest BCUT2D eigenvalue weighted by atomic mass is 11.6. The molecule has 0 aromatic carbocycles. The zero-order chi connectivity index (χ0) is 6.50. The number of hydrogen-bond acceptors (Lipinski definition) is 0. The van der Waals surface area contributed by atoms with Crippen LogP contribution in [0.4, 0.5) is 13.2 Å². The van der Waals surface area contributed by atoms with Crippen LogP contribution in [-0.2, 0) is 0 Å². The summed E-state index contributed by atoms with van der Waals surface area (Å²) in [7, 11) is 0. The van der Waals surface area contributed by atoms with E-state index in [4.69, 9.17) is 0 Å². The van der Waals surface area contributed by atoms with Crippen molar-refractivity contribution in [2.45, 2.75) is 4.18 Å². The van der Waals surface area contributed by atoms with E-state index in [0.29, 0.717) is 22.6 Å². The second-order valence-corrected chi connectivity index (χ2v) is 1.65. The molecule has 0 aliphatic heterocycles. The molecule has 0 aromatic heterocycles. The summed E-state index contributed by atoms with van der Waals surface area (Å²) >= 11 is 2.53. The summed E-state index contributed by atoms with van der Waals surface area (Å²) in [6.45, 7) is 0. The zero-order valence-corrected chi connectivity index (χ0v) is 7.70. The molecule has 5 heteroatoms. The predicted molar refractivity (Wildman–Crippen MR) is 40.0 cm³/mol. The van der Waals surface area contributed by atoms with Crippen molar-refractivity contribution in [3.63, 3.8) is 0 Å². The highest BCUT2D eigenvalue weighted by atomic mass is 127. The first-order valence-corrected chi connectivity index (χ1v) is 4.37. The molecule has 0 amide bonds. The van der Waals surface area contributed by atoms with Crippen LogP contribution in [0.1, 0.15) is 0 Å². The van der Waals surface area contributed by atoms with E-state index in [9.17, 15) is 13.2 Å². The van der Waals surface area contributed by atoms with E-state index in [1.54, 1.807) is 0 Å². The van der Waals surface area contributed by atoms with Gasteiger partial charge in [-0.3, -0.25) is 0 Å². The van der Waals surface area contributed by atoms with Gasteiger partial charge in [0.05, 0.1) is 0 Å². The molecule has 0 aliphatic carbocycles. The van der Waals surface area contributed by atoms with E-state index in [0.717, 1.165) is 0 Å². The summed E-state index contributed by atoms with van der Waals surface area (Å²) in [4.78, 5) is 1.97. The zero-order valence-electron chi connectivity index (χ0n) is 3.39. The SMILES string of the molecule is CI.FC(F)(F)I. The molecule has 7 heavy (non-hydrogen) atoms. The Balaban J connectivity index is 0. The Bertz CT molecular complexity index is 26.4. The molecular weight excluding hydrogens is 335 g/mol. The topological polar surface area (TPSA) is 0 Å². The standard InChI is InChI=1S/CF3I.CH3I/c2-1(3,4)5;1-2/h;1H3. The van der Waals surface area contributed by atoms with E-state index in [-0.39, 0.29) is 0 Å². The summed E-state index contributed by atoms with van der Waals surface area (Å²) in [5, 5.41) is 0. The van der Waals surface area contributed by atoms with E-state index in [2.05, 4.69) is 22.6 Å². The number of hydrogen-bond donors (Lipinski definition) is 0. The molecule has 0 nitrogen and oxygen atoms in total. The quantitative estimate of drug-likeness (QED) is 0.471. The maximum atomic E-state index is 10.3. The third-order valence-electron chi connectivity index (χ3n) is 0. The van der Waals surface area contributed by atoms with Crippen molar-refractivity contribution in [1.29, 1.82) is 0 Å². The fourth-order valence-electron chi connectivity index (χ4n) is 0. The molecule has 0 aromatic rings. The Kier molecular flexibility index (Phi) is 8.54. The molecule has 0 unspecified atom stereocenters. The third kappa shape index (κ3) is 128. The normalized spacial score (nSPS) is 9.43. The minimum Gasteiger partial charge on any atom is -0.161 e. The van der Waals surface area contributed by atoms with Gasteiger partial charge in [0.25, 0.3) is 0 Å². The van der Waals surface area contributed by atoms with Gasteiger partial charge < -0.3 is 0 Å². The molecule has 46 valence electrons. The van der Waals surface area contributed by atoms with Crippen molar-refractivity contribution in [3.8, 4) is 0 Å². The smallest absolute Gasteiger partial charge is 0.161 e. The fraction of sp³-hybridized carbons (Fsp3) is 1.00. The number of halogens is 5. The number of rotatable bonds is 0. The molecule has 0 fully saturated rings. The molecule has 0 rings (SSSR count). The van der Waals surface area contributed by atoms with Gasteiger partial charge in [0.15, 0.2) is 0 Å². The highest BCUT2D eigenvalue weighted by molar-refractivity contribution is 14.1. The molecule has 0 atom stereocenters. The Morgan fingerprint density at radius 1 is 1.14 bits per heavy atom. The van der Waals surface area contributed by atoms with E-state index >= 15 is 0 Å². The van der Waals surface area contributed by atoms with Gasteiger partial charge in [0.2, 0.25) is 0 Å². The average molecular weight is 338 g/mol. The first-order valence-electron chi connectivity index (χ1n) is 1.13. The van der Waals surface area contributed by atoms with Crippen molar-refractivity contribution >= 4 is 45.2 Å². The lowest BCUT2D eigenvalue weighted by molar-refractivity contribution is -0.0125. The average Bonchev–Trinajstić information content (AvgIpc) is 1.36. The van der Waals surface area contributed by atoms with Crippen LogP contribution in [0.5, 0.6) is 0 Å². The molecule has 0 aliphatic rings. The second-order valence-electron chi connectivity index (χ2n) is 0.429. The fourth-order valence-corrected chi connectivity index (χ4v) is 0. The third-order valence-corrected chi connectivity index (χ3v) is 0. The molecule has 0 spiro atoms. The summed E-state index contributed by atoms with van der Waals surface area (Å²) in [5.74, 6) is 0. The van der Waals surface area contributed by atoms with Gasteiger partial charge in [-0.1, -0.05) is 22.6 Å². The van der Waals surface area contributed by atoms with Crippen LogP contribution in [0, 0.1) is 0 Å². The van der Waals surface area contributed by atoms with Crippen molar-refractivity contribution in [2.24, 2.45) is 0 Å². The second kappa shape index (κ2) is 5.39. The highest BCUT2D eigenvalue weighted by Crippen LogP contribution is 2.22. The summed E-state index contributed by atoms with van der Waals surface area (Å²) < 4.78 is 27.0. The van der Waals surface area contributed by atoms with Crippen LogP contribution < -0.4 is 0 Å². The van der Waals surface area contributed by atoms with Crippen LogP contribution in [0.2, 0.25) is 0 Å². The van der Waals surface area contributed by atoms with Gasteiger partial charge >= 0.3 is 4.18 Å². The minimum absolute atomic E-state index is 0.378. The highest BCUT2D eigenvalue weighted by Gasteiger charge is 2.19. The number of alkyl halides is 5. The van der Waals surface area contributed by atoms with Gasteiger partial charge in [0, 0.05) is 22.6 Å². The Morgan fingerprint density at radius 3 is 1.14 bits per heavy atom. The van der Waals surface area contributed by atoms with Crippen LogP contribution in [0.3, 0.4) is 0 Å². The van der Waals surface area contributed by atoms with Crippen LogP contribution >= 0.6 is 45.2 Å². The van der Waals surface area contributed by atoms with Gasteiger partial charge in [-0.25, -0.2) is 0 Å². The largest absolute Gasteiger partial charge is 0.441 e. The first-order chi connectivity index (χ1) is 3.00. The van der Waals surface area contributed by atoms with E-state index in [1.165, 1.54) is 0 Å². The lowest BCUT2D eigenvalue weighted by Crippen LogP contribution is -1.87. The molecule has 0 N–H and O–H groups in total. The summed E-state index contributed by atoms with van der Waals surface area (Å²) in [6, 6.07) is 0. The Hall–Kier alpha value is 1.25. The lowest BCUT2D eigenvalue weighted by Gasteiger charge is -1.85. The van der Waals surface area contributed by atoms with Gasteiger partial charge in [-0.15, -0.1) is 0 Å². The Labute approximate surface area is 67.1 Å². The molecule has 0 saturated heterocycles. The molecule has 0 radical (unpaired) electrons. The molecule has 0 saturated carbocycles. The van der Waals surface area contributed by atoms with E-state index in [1.807, 2.05) is 4.93 Å². The summed E-state index contributed by atoms with van der Waals surface area (Å²) in [5.41, 5.74) is 0. The maximum Gasteiger partial charge on any atom is 0.441 e. The Morgan fingerprint density at radius 2 is 1.14 bits per heavy atom. The van der Waals surface area contributed by atoms with Gasteiger partial charge in [0.1, 0.15) is 0 Å². The van der Waals surface area contributed by atoms with Gasteiger partial charge in [-0.05, 0) is 4.93 Å². The maximum absolute atomic E-state index is 10.3. The van der Waals surface area contributed by atoms with Crippen LogP contribution in [0.15, 0.2) is 0 Å². The van der Waals surface area contributed by atoms with Crippen LogP contribution in [-0.4, -0.2) is 9.11 Å². The van der Waals surface area contributed by atoms with Crippen molar-refractivity contribution in [3.05, 3.63) is 0 Å². The van der Waals surface area contributed by atoms with Crippen molar-refractivity contribution < 1.29 is 13.2 Å². The first kappa shape index (κ1) is 11.1. The van der Waals surface area contributed by atoms with Crippen molar-refractivity contribution in [1.82, 2.24) is 0 Å². The van der Waals surface area contributed by atoms with Crippen molar-refractivity contribution in [2.75, 3.05) is 4.93 Å². The molecule has 0 heterocycles. The van der Waals surface area contributed by atoms with Gasteiger partial charge in [-0.2, -0.15) is 13.2 Å².